The number of aryl methyl sites for hydroxylation is 1. The summed E-state index contributed by atoms with van der Waals surface area (Å²) in [5.41, 5.74) is 1.79. The van der Waals surface area contributed by atoms with Gasteiger partial charge in [0.25, 0.3) is 11.8 Å². The predicted molar refractivity (Wildman–Crippen MR) is 96.7 cm³/mol. The lowest BCUT2D eigenvalue weighted by Gasteiger charge is -2.04. The number of thiazole rings is 1. The summed E-state index contributed by atoms with van der Waals surface area (Å²) >= 11 is 2.81. The van der Waals surface area contributed by atoms with Gasteiger partial charge < -0.3 is 5.32 Å². The fraction of sp³-hybridized carbons (Fsp3) is 0.118. The highest BCUT2D eigenvalue weighted by Crippen LogP contribution is 2.18. The number of rotatable bonds is 5. The quantitative estimate of drug-likeness (QED) is 0.731. The first-order chi connectivity index (χ1) is 11.6. The maximum Gasteiger partial charge on any atom is 0.271 e. The molecule has 0 saturated heterocycles. The van der Waals surface area contributed by atoms with E-state index < -0.39 is 0 Å². The van der Waals surface area contributed by atoms with Crippen molar-refractivity contribution < 1.29 is 9.59 Å². The van der Waals surface area contributed by atoms with E-state index >= 15 is 0 Å². The number of thiophene rings is 1. The molecule has 0 bridgehead atoms. The van der Waals surface area contributed by atoms with Crippen LogP contribution in [0.1, 0.15) is 31.3 Å². The van der Waals surface area contributed by atoms with E-state index in [1.807, 2.05) is 42.6 Å². The molecule has 2 N–H and O–H groups in total. The summed E-state index contributed by atoms with van der Waals surface area (Å²) in [5, 5.41) is 9.55. The van der Waals surface area contributed by atoms with Crippen LogP contribution in [0, 0.1) is 6.92 Å². The van der Waals surface area contributed by atoms with Crippen molar-refractivity contribution in [2.24, 2.45) is 0 Å². The lowest BCUT2D eigenvalue weighted by atomic mass is 10.1. The summed E-state index contributed by atoms with van der Waals surface area (Å²) in [6.45, 7) is 2.35. The third-order valence-corrected chi connectivity index (χ3v) is 4.98. The molecule has 3 rings (SSSR count). The van der Waals surface area contributed by atoms with Crippen molar-refractivity contribution >= 4 is 39.6 Å². The van der Waals surface area contributed by atoms with Crippen molar-refractivity contribution in [1.29, 1.82) is 0 Å². The Bertz CT molecular complexity index is 856. The topological polar surface area (TPSA) is 71.1 Å². The van der Waals surface area contributed by atoms with Crippen LogP contribution in [0.3, 0.4) is 0 Å². The predicted octanol–water partition coefficient (Wildman–Crippen LogP) is 3.70. The van der Waals surface area contributed by atoms with Crippen molar-refractivity contribution in [3.05, 3.63) is 68.9 Å². The average Bonchev–Trinajstić information content (AvgIpc) is 3.24. The van der Waals surface area contributed by atoms with Gasteiger partial charge in [-0.15, -0.1) is 22.7 Å². The van der Waals surface area contributed by atoms with Gasteiger partial charge in [0, 0.05) is 15.8 Å². The summed E-state index contributed by atoms with van der Waals surface area (Å²) in [4.78, 5) is 29.6. The third kappa shape index (κ3) is 3.87. The fourth-order valence-corrected chi connectivity index (χ4v) is 3.43. The molecular formula is C17H15N3O2S2. The second-order valence-corrected chi connectivity index (χ2v) is 6.96. The van der Waals surface area contributed by atoms with Crippen LogP contribution in [0.4, 0.5) is 5.13 Å². The standard InChI is InChI=1S/C17H15N3O2S2/c1-11-5-2-3-7-13(11)15(21)20-17-19-14(10-24-17)16(22)18-9-12-6-4-8-23-12/h2-8,10H,9H2,1H3,(H,18,22)(H,19,20,21). The van der Waals surface area contributed by atoms with E-state index in [2.05, 4.69) is 15.6 Å². The first kappa shape index (κ1) is 16.4. The number of hydrogen-bond donors (Lipinski definition) is 2. The van der Waals surface area contributed by atoms with Gasteiger partial charge in [0.15, 0.2) is 5.13 Å². The molecule has 0 radical (unpaired) electrons. The largest absolute Gasteiger partial charge is 0.346 e. The second kappa shape index (κ2) is 7.37. The fourth-order valence-electron chi connectivity index (χ4n) is 2.10. The zero-order chi connectivity index (χ0) is 16.9. The molecule has 7 heteroatoms. The number of carbonyl (C=O) groups is 2. The van der Waals surface area contributed by atoms with E-state index in [1.54, 1.807) is 22.8 Å². The molecule has 2 amide bonds. The van der Waals surface area contributed by atoms with Crippen molar-refractivity contribution in [1.82, 2.24) is 10.3 Å². The highest BCUT2D eigenvalue weighted by Gasteiger charge is 2.14. The molecule has 2 aromatic heterocycles. The van der Waals surface area contributed by atoms with Crippen LogP contribution in [0.15, 0.2) is 47.2 Å². The summed E-state index contributed by atoms with van der Waals surface area (Å²) in [7, 11) is 0. The number of aromatic nitrogens is 1. The van der Waals surface area contributed by atoms with E-state index in [0.29, 0.717) is 22.9 Å². The Morgan fingerprint density at radius 3 is 2.67 bits per heavy atom. The van der Waals surface area contributed by atoms with Crippen LogP contribution in [0.5, 0.6) is 0 Å². The molecule has 0 unspecified atom stereocenters. The number of amides is 2. The minimum Gasteiger partial charge on any atom is -0.346 e. The van der Waals surface area contributed by atoms with Crippen LogP contribution < -0.4 is 10.6 Å². The molecule has 0 saturated carbocycles. The Labute approximate surface area is 147 Å². The van der Waals surface area contributed by atoms with Gasteiger partial charge >= 0.3 is 0 Å². The zero-order valence-corrected chi connectivity index (χ0v) is 14.5. The lowest BCUT2D eigenvalue weighted by molar-refractivity contribution is 0.0945. The Balaban J connectivity index is 1.62. The maximum absolute atomic E-state index is 12.3. The molecule has 122 valence electrons. The summed E-state index contributed by atoms with van der Waals surface area (Å²) in [6.07, 6.45) is 0. The van der Waals surface area contributed by atoms with E-state index in [-0.39, 0.29) is 11.8 Å². The van der Waals surface area contributed by atoms with Crippen LogP contribution in [-0.2, 0) is 6.54 Å². The van der Waals surface area contributed by atoms with E-state index in [4.69, 9.17) is 0 Å². The Kier molecular flexibility index (Phi) is 5.02. The van der Waals surface area contributed by atoms with Crippen molar-refractivity contribution in [3.8, 4) is 0 Å². The van der Waals surface area contributed by atoms with Gasteiger partial charge in [-0.3, -0.25) is 14.9 Å². The van der Waals surface area contributed by atoms with Crippen molar-refractivity contribution in [2.45, 2.75) is 13.5 Å². The van der Waals surface area contributed by atoms with Gasteiger partial charge in [-0.05, 0) is 30.0 Å². The Morgan fingerprint density at radius 2 is 1.92 bits per heavy atom. The van der Waals surface area contributed by atoms with Gasteiger partial charge in [-0.25, -0.2) is 4.98 Å². The molecule has 0 atom stereocenters. The van der Waals surface area contributed by atoms with Crippen LogP contribution in [0.25, 0.3) is 0 Å². The molecular weight excluding hydrogens is 342 g/mol. The minimum atomic E-state index is -0.254. The molecule has 0 aliphatic heterocycles. The van der Waals surface area contributed by atoms with Crippen molar-refractivity contribution in [2.75, 3.05) is 5.32 Å². The Hall–Kier alpha value is -2.51. The van der Waals surface area contributed by atoms with Gasteiger partial charge in [0.05, 0.1) is 6.54 Å². The minimum absolute atomic E-state index is 0.229. The number of benzene rings is 1. The van der Waals surface area contributed by atoms with E-state index in [9.17, 15) is 9.59 Å². The number of anilines is 1. The smallest absolute Gasteiger partial charge is 0.271 e. The average molecular weight is 357 g/mol. The molecule has 0 aliphatic carbocycles. The maximum atomic E-state index is 12.3. The first-order valence-electron chi connectivity index (χ1n) is 7.26. The Morgan fingerprint density at radius 1 is 1.08 bits per heavy atom. The molecule has 2 heterocycles. The summed E-state index contributed by atoms with van der Waals surface area (Å²) < 4.78 is 0. The molecule has 24 heavy (non-hydrogen) atoms. The zero-order valence-electron chi connectivity index (χ0n) is 12.9. The number of nitrogens with zero attached hydrogens (tertiary/aromatic N) is 1. The van der Waals surface area contributed by atoms with Crippen LogP contribution in [0.2, 0.25) is 0 Å². The monoisotopic (exact) mass is 357 g/mol. The summed E-state index contributed by atoms with van der Waals surface area (Å²) in [6, 6.07) is 11.2. The first-order valence-corrected chi connectivity index (χ1v) is 9.02. The van der Waals surface area contributed by atoms with Gasteiger partial charge in [0.2, 0.25) is 0 Å². The molecule has 0 spiro atoms. The van der Waals surface area contributed by atoms with Crippen LogP contribution in [-0.4, -0.2) is 16.8 Å². The third-order valence-electron chi connectivity index (χ3n) is 3.35. The highest BCUT2D eigenvalue weighted by atomic mass is 32.1. The number of carbonyl (C=O) groups excluding carboxylic acids is 2. The molecule has 1 aromatic carbocycles. The normalized spacial score (nSPS) is 10.4. The SMILES string of the molecule is Cc1ccccc1C(=O)Nc1nc(C(=O)NCc2cccs2)cs1. The summed E-state index contributed by atoms with van der Waals surface area (Å²) in [5.74, 6) is -0.482. The van der Waals surface area contributed by atoms with E-state index in [1.165, 1.54) is 11.3 Å². The number of hydrogen-bond acceptors (Lipinski definition) is 5. The molecule has 0 aliphatic rings. The van der Waals surface area contributed by atoms with E-state index in [0.717, 1.165) is 10.4 Å². The van der Waals surface area contributed by atoms with Gasteiger partial charge in [0.1, 0.15) is 5.69 Å². The van der Waals surface area contributed by atoms with Crippen LogP contribution >= 0.6 is 22.7 Å². The van der Waals surface area contributed by atoms with Gasteiger partial charge in [-0.1, -0.05) is 24.3 Å². The van der Waals surface area contributed by atoms with Crippen molar-refractivity contribution in [3.63, 3.8) is 0 Å². The number of nitrogens with one attached hydrogen (secondary N) is 2. The van der Waals surface area contributed by atoms with Gasteiger partial charge in [-0.2, -0.15) is 0 Å². The lowest BCUT2D eigenvalue weighted by Crippen LogP contribution is -2.22. The second-order valence-electron chi connectivity index (χ2n) is 5.07. The molecule has 3 aromatic rings. The highest BCUT2D eigenvalue weighted by molar-refractivity contribution is 7.14. The molecule has 0 fully saturated rings. The molecule has 5 nitrogen and oxygen atoms in total.